The van der Waals surface area contributed by atoms with Crippen molar-refractivity contribution < 1.29 is 29.3 Å². The van der Waals surface area contributed by atoms with E-state index in [1.807, 2.05) is 56.6 Å². The molecule has 1 amide bonds. The fourth-order valence-corrected chi connectivity index (χ4v) is 5.14. The number of pyridine rings is 1. The van der Waals surface area contributed by atoms with Crippen LogP contribution in [0.2, 0.25) is 10.0 Å². The molecule has 1 fully saturated rings. The van der Waals surface area contributed by atoms with Gasteiger partial charge >= 0.3 is 6.16 Å². The number of benzene rings is 2. The molecule has 1 heterocycles. The van der Waals surface area contributed by atoms with Crippen molar-refractivity contribution in [3.8, 4) is 28.1 Å². The Balaban J connectivity index is 0.00000121. The smallest absolute Gasteiger partial charge is 0.492 e. The lowest BCUT2D eigenvalue weighted by molar-refractivity contribution is 0.0598. The third kappa shape index (κ3) is 11.2. The van der Waals surface area contributed by atoms with E-state index in [2.05, 4.69) is 10.2 Å². The molecule has 3 aromatic rings. The lowest BCUT2D eigenvalue weighted by Crippen LogP contribution is -2.39. The first kappa shape index (κ1) is 36.1. The maximum Gasteiger partial charge on any atom is 0.503 e. The molecule has 12 heteroatoms. The number of aromatic nitrogens is 1. The minimum Gasteiger partial charge on any atom is -0.492 e. The standard InChI is InChI=1S/C30H35Cl2N3O3.CH2O3.ClH/c1-35(2)17-6-18-38-28-19-20(9-15-26(28)32)29-24(23-7-4-5-8-25(23)31)14-16-27(34-29)30(36)33-21-10-12-22(37-3)13-11-21;2-1(3)4;/h4-5,7-9,14-16,19,21-22H,6,10-13,17-18H2,1-3H3,(H,33,36);(H2,2,3,4);1H/t21-,22+;;. The third-order valence-corrected chi connectivity index (χ3v) is 7.49. The van der Waals surface area contributed by atoms with E-state index >= 15 is 0 Å². The second-order valence-electron chi connectivity index (χ2n) is 10.2. The summed E-state index contributed by atoms with van der Waals surface area (Å²) in [6, 6.07) is 17.0. The van der Waals surface area contributed by atoms with Crippen LogP contribution in [0.5, 0.6) is 5.75 Å². The summed E-state index contributed by atoms with van der Waals surface area (Å²) in [6.07, 6.45) is 2.97. The number of ether oxygens (including phenoxy) is 2. The number of carbonyl (C=O) groups is 2. The molecule has 0 unspecified atom stereocenters. The van der Waals surface area contributed by atoms with Crippen LogP contribution in [0.4, 0.5) is 4.79 Å². The van der Waals surface area contributed by atoms with Crippen molar-refractivity contribution >= 4 is 47.7 Å². The van der Waals surface area contributed by atoms with Gasteiger partial charge in [-0.1, -0.05) is 47.5 Å². The van der Waals surface area contributed by atoms with Gasteiger partial charge in [-0.2, -0.15) is 0 Å². The van der Waals surface area contributed by atoms with Gasteiger partial charge in [-0.25, -0.2) is 9.78 Å². The zero-order valence-corrected chi connectivity index (χ0v) is 26.7. The van der Waals surface area contributed by atoms with E-state index in [4.69, 9.17) is 52.7 Å². The van der Waals surface area contributed by atoms with Gasteiger partial charge in [0.05, 0.1) is 23.4 Å². The summed E-state index contributed by atoms with van der Waals surface area (Å²) >= 11 is 13.0. The third-order valence-electron chi connectivity index (χ3n) is 6.85. The van der Waals surface area contributed by atoms with Crippen LogP contribution >= 0.6 is 35.6 Å². The van der Waals surface area contributed by atoms with Crippen LogP contribution in [-0.2, 0) is 4.74 Å². The quantitative estimate of drug-likeness (QED) is 0.194. The van der Waals surface area contributed by atoms with Gasteiger partial charge in [0.2, 0.25) is 0 Å². The Labute approximate surface area is 268 Å². The van der Waals surface area contributed by atoms with E-state index in [1.165, 1.54) is 0 Å². The normalized spacial score (nSPS) is 16.0. The molecule has 0 aliphatic heterocycles. The van der Waals surface area contributed by atoms with Gasteiger partial charge < -0.3 is 29.9 Å². The average Bonchev–Trinajstić information content (AvgIpc) is 2.96. The number of amides is 1. The second-order valence-corrected chi connectivity index (χ2v) is 11.0. The molecule has 0 atom stereocenters. The molecule has 0 saturated heterocycles. The molecular formula is C31H38Cl3N3O6. The lowest BCUT2D eigenvalue weighted by Gasteiger charge is -2.28. The van der Waals surface area contributed by atoms with E-state index in [-0.39, 0.29) is 30.5 Å². The van der Waals surface area contributed by atoms with Gasteiger partial charge in [-0.15, -0.1) is 12.4 Å². The first-order chi connectivity index (χ1) is 20.1. The molecule has 1 aliphatic rings. The number of hydrogen-bond donors (Lipinski definition) is 3. The first-order valence-electron chi connectivity index (χ1n) is 13.7. The molecule has 0 bridgehead atoms. The van der Waals surface area contributed by atoms with Gasteiger partial charge in [-0.3, -0.25) is 4.79 Å². The van der Waals surface area contributed by atoms with E-state index in [1.54, 1.807) is 19.2 Å². The summed E-state index contributed by atoms with van der Waals surface area (Å²) in [5.41, 5.74) is 3.46. The highest BCUT2D eigenvalue weighted by molar-refractivity contribution is 6.33. The van der Waals surface area contributed by atoms with Crippen LogP contribution in [-0.4, -0.2) is 78.7 Å². The topological polar surface area (TPSA) is 121 Å². The number of halogens is 3. The predicted molar refractivity (Wildman–Crippen MR) is 172 cm³/mol. The molecule has 1 aliphatic carbocycles. The van der Waals surface area contributed by atoms with Crippen LogP contribution < -0.4 is 10.1 Å². The SMILES string of the molecule is CO[C@H]1CC[C@@H](NC(=O)c2ccc(-c3ccccc3Cl)c(-c3ccc(Cl)c(OCCCN(C)C)c3)n2)CC1.Cl.O=C(O)O. The van der Waals surface area contributed by atoms with Gasteiger partial charge in [0.15, 0.2) is 0 Å². The molecule has 43 heavy (non-hydrogen) atoms. The van der Waals surface area contributed by atoms with Crippen molar-refractivity contribution in [3.05, 3.63) is 70.3 Å². The van der Waals surface area contributed by atoms with Crippen molar-refractivity contribution in [2.24, 2.45) is 0 Å². The number of hydrogen-bond acceptors (Lipinski definition) is 6. The van der Waals surface area contributed by atoms with Gasteiger partial charge in [-0.05, 0) is 76.5 Å². The maximum absolute atomic E-state index is 13.2. The van der Waals surface area contributed by atoms with Crippen molar-refractivity contribution in [3.63, 3.8) is 0 Å². The lowest BCUT2D eigenvalue weighted by atomic mass is 9.93. The number of nitrogens with zero attached hydrogens (tertiary/aromatic N) is 2. The average molecular weight is 655 g/mol. The summed E-state index contributed by atoms with van der Waals surface area (Å²) in [7, 11) is 5.80. The summed E-state index contributed by atoms with van der Waals surface area (Å²) in [5, 5.41) is 18.2. The highest BCUT2D eigenvalue weighted by Gasteiger charge is 2.24. The highest BCUT2D eigenvalue weighted by atomic mass is 35.5. The largest absolute Gasteiger partial charge is 0.503 e. The molecule has 234 valence electrons. The number of nitrogens with one attached hydrogen (secondary N) is 1. The van der Waals surface area contributed by atoms with Gasteiger partial charge in [0.25, 0.3) is 5.91 Å². The zero-order valence-electron chi connectivity index (χ0n) is 24.4. The Morgan fingerprint density at radius 2 is 1.65 bits per heavy atom. The summed E-state index contributed by atoms with van der Waals surface area (Å²) < 4.78 is 11.5. The van der Waals surface area contributed by atoms with E-state index in [0.717, 1.165) is 55.3 Å². The first-order valence-corrected chi connectivity index (χ1v) is 14.4. The molecule has 4 rings (SSSR count). The van der Waals surface area contributed by atoms with Crippen LogP contribution in [0.15, 0.2) is 54.6 Å². The number of rotatable bonds is 10. The Kier molecular flexibility index (Phi) is 15.0. The van der Waals surface area contributed by atoms with Crippen molar-refractivity contribution in [2.75, 3.05) is 34.4 Å². The molecule has 0 spiro atoms. The van der Waals surface area contributed by atoms with Crippen molar-refractivity contribution in [1.29, 1.82) is 0 Å². The Morgan fingerprint density at radius 1 is 0.977 bits per heavy atom. The molecule has 1 saturated carbocycles. The van der Waals surface area contributed by atoms with E-state index in [0.29, 0.717) is 33.8 Å². The van der Waals surface area contributed by atoms with E-state index < -0.39 is 6.16 Å². The van der Waals surface area contributed by atoms with Crippen molar-refractivity contribution in [1.82, 2.24) is 15.2 Å². The second kappa shape index (κ2) is 17.9. The monoisotopic (exact) mass is 653 g/mol. The van der Waals surface area contributed by atoms with Crippen LogP contribution in [0.1, 0.15) is 42.6 Å². The number of carboxylic acid groups (broad SMARTS) is 2. The summed E-state index contributed by atoms with van der Waals surface area (Å²) in [5.74, 6) is 0.395. The van der Waals surface area contributed by atoms with E-state index in [9.17, 15) is 4.79 Å². The summed E-state index contributed by atoms with van der Waals surface area (Å²) in [6.45, 7) is 1.46. The predicted octanol–water partition coefficient (Wildman–Crippen LogP) is 7.38. The molecule has 3 N–H and O–H groups in total. The van der Waals surface area contributed by atoms with Gasteiger partial charge in [0.1, 0.15) is 11.4 Å². The molecule has 1 aromatic heterocycles. The van der Waals surface area contributed by atoms with Crippen LogP contribution in [0, 0.1) is 0 Å². The Bertz CT molecular complexity index is 1350. The fraction of sp³-hybridized carbons (Fsp3) is 0.387. The molecule has 0 radical (unpaired) electrons. The fourth-order valence-electron chi connectivity index (χ4n) is 4.73. The summed E-state index contributed by atoms with van der Waals surface area (Å²) in [4.78, 5) is 28.7. The highest BCUT2D eigenvalue weighted by Crippen LogP contribution is 2.38. The zero-order chi connectivity index (χ0) is 30.6. The van der Waals surface area contributed by atoms with Crippen LogP contribution in [0.25, 0.3) is 22.4 Å². The van der Waals surface area contributed by atoms with Crippen LogP contribution in [0.3, 0.4) is 0 Å². The Hall–Kier alpha value is -3.08. The number of carbonyl (C=O) groups excluding carboxylic acids is 1. The molecular weight excluding hydrogens is 617 g/mol. The van der Waals surface area contributed by atoms with Gasteiger partial charge in [0, 0.05) is 41.4 Å². The minimum absolute atomic E-state index is 0. The maximum atomic E-state index is 13.2. The molecule has 9 nitrogen and oxygen atoms in total. The Morgan fingerprint density at radius 3 is 2.28 bits per heavy atom. The van der Waals surface area contributed by atoms with Crippen molar-refractivity contribution in [2.45, 2.75) is 44.2 Å². The minimum atomic E-state index is -1.83. The molecule has 2 aromatic carbocycles. The number of methoxy groups -OCH3 is 1.